The number of ketones is 1. The second kappa shape index (κ2) is 8.79. The highest BCUT2D eigenvalue weighted by molar-refractivity contribution is 6.48. The molecule has 1 aromatic carbocycles. The van der Waals surface area contributed by atoms with Crippen molar-refractivity contribution in [1.29, 1.82) is 0 Å². The van der Waals surface area contributed by atoms with Gasteiger partial charge in [-0.05, 0) is 37.6 Å². The van der Waals surface area contributed by atoms with Crippen molar-refractivity contribution in [2.24, 2.45) is 7.05 Å². The molecule has 1 aliphatic heterocycles. The highest BCUT2D eigenvalue weighted by atomic mass is 35.5. The van der Waals surface area contributed by atoms with Crippen LogP contribution in [0.1, 0.15) is 38.5 Å². The lowest BCUT2D eigenvalue weighted by Crippen LogP contribution is -2.60. The molecule has 1 atom stereocenters. The first-order valence-corrected chi connectivity index (χ1v) is 10.1. The van der Waals surface area contributed by atoms with Gasteiger partial charge in [0, 0.05) is 31.5 Å². The van der Waals surface area contributed by atoms with E-state index in [9.17, 15) is 31.9 Å². The zero-order valence-corrected chi connectivity index (χ0v) is 18.6. The Kier molecular flexibility index (Phi) is 6.58. The van der Waals surface area contributed by atoms with Gasteiger partial charge >= 0.3 is 6.18 Å². The number of benzene rings is 1. The van der Waals surface area contributed by atoms with Gasteiger partial charge in [0.15, 0.2) is 5.54 Å². The van der Waals surface area contributed by atoms with Gasteiger partial charge in [-0.1, -0.05) is 11.6 Å². The predicted molar refractivity (Wildman–Crippen MR) is 111 cm³/mol. The zero-order valence-electron chi connectivity index (χ0n) is 17.8. The van der Waals surface area contributed by atoms with Crippen molar-refractivity contribution in [3.8, 4) is 0 Å². The Morgan fingerprint density at radius 2 is 1.88 bits per heavy atom. The molecule has 0 bridgehead atoms. The quantitative estimate of drug-likeness (QED) is 0.381. The number of anilines is 1. The molecule has 1 fully saturated rings. The second-order valence-corrected chi connectivity index (χ2v) is 8.14. The molecule has 2 aromatic rings. The van der Waals surface area contributed by atoms with Crippen LogP contribution in [-0.4, -0.2) is 47.1 Å². The number of nitrogens with zero attached hydrogens (tertiary/aromatic N) is 1. The largest absolute Gasteiger partial charge is 0.413 e. The van der Waals surface area contributed by atoms with Crippen LogP contribution in [0.25, 0.3) is 0 Å². The molecular formula is C21H20ClF4N3O4. The summed E-state index contributed by atoms with van der Waals surface area (Å²) < 4.78 is 60.1. The SMILES string of the molecule is Cc1cc(NC(=O)c2c(Cl)c(C(=O)C(=O)NC3(C(F)(F)F)CCOC3)c(C)n2C)ccc1F. The molecule has 0 radical (unpaired) electrons. The van der Waals surface area contributed by atoms with Crippen LogP contribution in [0.15, 0.2) is 18.2 Å². The summed E-state index contributed by atoms with van der Waals surface area (Å²) in [5.74, 6) is -4.06. The Balaban J connectivity index is 1.89. The Morgan fingerprint density at radius 1 is 1.21 bits per heavy atom. The number of aromatic nitrogens is 1. The minimum atomic E-state index is -4.84. The third-order valence-corrected chi connectivity index (χ3v) is 5.98. The van der Waals surface area contributed by atoms with Crippen LogP contribution in [-0.2, 0) is 16.6 Å². The zero-order chi connectivity index (χ0) is 24.7. The Morgan fingerprint density at radius 3 is 2.42 bits per heavy atom. The molecule has 7 nitrogen and oxygen atoms in total. The van der Waals surface area contributed by atoms with Crippen molar-refractivity contribution < 1.29 is 36.7 Å². The maximum absolute atomic E-state index is 13.5. The number of amides is 2. The highest BCUT2D eigenvalue weighted by Crippen LogP contribution is 2.37. The summed E-state index contributed by atoms with van der Waals surface area (Å²) in [7, 11) is 1.41. The topological polar surface area (TPSA) is 89.4 Å². The Hall–Kier alpha value is -2.92. The average molecular weight is 490 g/mol. The van der Waals surface area contributed by atoms with Crippen molar-refractivity contribution in [2.45, 2.75) is 32.0 Å². The number of hydrogen-bond acceptors (Lipinski definition) is 4. The van der Waals surface area contributed by atoms with Gasteiger partial charge in [0.2, 0.25) is 0 Å². The normalized spacial score (nSPS) is 18.3. The van der Waals surface area contributed by atoms with E-state index in [1.54, 1.807) is 5.32 Å². The molecule has 0 saturated carbocycles. The molecule has 3 rings (SSSR count). The van der Waals surface area contributed by atoms with E-state index in [0.29, 0.717) is 0 Å². The van der Waals surface area contributed by atoms with Crippen LogP contribution < -0.4 is 10.6 Å². The van der Waals surface area contributed by atoms with Crippen LogP contribution in [0.5, 0.6) is 0 Å². The van der Waals surface area contributed by atoms with Gasteiger partial charge < -0.3 is 19.9 Å². The summed E-state index contributed by atoms with van der Waals surface area (Å²) in [6, 6.07) is 3.87. The molecule has 1 saturated heterocycles. The molecule has 1 aliphatic rings. The van der Waals surface area contributed by atoms with E-state index in [1.807, 2.05) is 0 Å². The number of rotatable bonds is 5. The van der Waals surface area contributed by atoms with Gasteiger partial charge in [0.25, 0.3) is 17.6 Å². The van der Waals surface area contributed by atoms with E-state index in [4.69, 9.17) is 16.3 Å². The van der Waals surface area contributed by atoms with E-state index in [1.165, 1.54) is 37.6 Å². The maximum atomic E-state index is 13.5. The molecule has 2 N–H and O–H groups in total. The third kappa shape index (κ3) is 4.47. The maximum Gasteiger partial charge on any atom is 0.413 e. The van der Waals surface area contributed by atoms with E-state index in [-0.39, 0.29) is 29.2 Å². The summed E-state index contributed by atoms with van der Waals surface area (Å²) in [5.41, 5.74) is -2.63. The van der Waals surface area contributed by atoms with Crippen LogP contribution in [0.3, 0.4) is 0 Å². The first-order valence-electron chi connectivity index (χ1n) is 9.72. The van der Waals surface area contributed by atoms with Crippen LogP contribution in [0.2, 0.25) is 5.02 Å². The Bertz CT molecular complexity index is 1140. The van der Waals surface area contributed by atoms with Gasteiger partial charge in [0.1, 0.15) is 11.5 Å². The number of carbonyl (C=O) groups excluding carboxylic acids is 3. The number of alkyl halides is 3. The van der Waals surface area contributed by atoms with E-state index in [2.05, 4.69) is 5.32 Å². The second-order valence-electron chi connectivity index (χ2n) is 7.77. The fourth-order valence-corrected chi connectivity index (χ4v) is 3.97. The summed E-state index contributed by atoms with van der Waals surface area (Å²) in [4.78, 5) is 38.1. The van der Waals surface area contributed by atoms with Gasteiger partial charge in [-0.2, -0.15) is 13.2 Å². The molecule has 33 heavy (non-hydrogen) atoms. The van der Waals surface area contributed by atoms with Crippen LogP contribution >= 0.6 is 11.6 Å². The van der Waals surface area contributed by atoms with Crippen molar-refractivity contribution >= 4 is 34.9 Å². The smallest absolute Gasteiger partial charge is 0.379 e. The summed E-state index contributed by atoms with van der Waals surface area (Å²) in [6.07, 6.45) is -5.38. The molecule has 178 valence electrons. The molecule has 1 unspecified atom stereocenters. The molecule has 2 heterocycles. The van der Waals surface area contributed by atoms with Crippen LogP contribution in [0.4, 0.5) is 23.2 Å². The number of nitrogens with one attached hydrogen (secondary N) is 2. The van der Waals surface area contributed by atoms with Gasteiger partial charge in [-0.25, -0.2) is 4.39 Å². The minimum Gasteiger partial charge on any atom is -0.379 e. The predicted octanol–water partition coefficient (Wildman–Crippen LogP) is 3.71. The highest BCUT2D eigenvalue weighted by Gasteiger charge is 2.58. The number of carbonyl (C=O) groups is 3. The molecular weight excluding hydrogens is 470 g/mol. The first-order chi connectivity index (χ1) is 15.3. The van der Waals surface area contributed by atoms with Crippen molar-refractivity contribution in [3.63, 3.8) is 0 Å². The minimum absolute atomic E-state index is 0.101. The monoisotopic (exact) mass is 489 g/mol. The summed E-state index contributed by atoms with van der Waals surface area (Å²) in [6.45, 7) is 1.85. The Labute approximate surface area is 191 Å². The van der Waals surface area contributed by atoms with Gasteiger partial charge in [-0.3, -0.25) is 14.4 Å². The van der Waals surface area contributed by atoms with Crippen molar-refractivity contribution in [2.75, 3.05) is 18.5 Å². The molecule has 0 spiro atoms. The van der Waals surface area contributed by atoms with Crippen molar-refractivity contribution in [1.82, 2.24) is 9.88 Å². The van der Waals surface area contributed by atoms with E-state index >= 15 is 0 Å². The number of ether oxygens (including phenoxy) is 1. The average Bonchev–Trinajstić information content (AvgIpc) is 3.28. The van der Waals surface area contributed by atoms with Crippen LogP contribution in [0, 0.1) is 19.7 Å². The molecule has 0 aliphatic carbocycles. The number of Topliss-reactive ketones (excluding diaryl/α,β-unsaturated/α-hetero) is 1. The molecule has 2 amide bonds. The third-order valence-electron chi connectivity index (χ3n) is 5.61. The summed E-state index contributed by atoms with van der Waals surface area (Å²) >= 11 is 6.24. The number of halogens is 5. The first kappa shape index (κ1) is 24.7. The van der Waals surface area contributed by atoms with E-state index < -0.39 is 58.7 Å². The lowest BCUT2D eigenvalue weighted by Gasteiger charge is -2.30. The molecule has 1 aromatic heterocycles. The fraction of sp³-hybridized carbons (Fsp3) is 0.381. The van der Waals surface area contributed by atoms with Gasteiger partial charge in [0.05, 0.1) is 17.2 Å². The number of aryl methyl sites for hydroxylation is 1. The fourth-order valence-electron chi connectivity index (χ4n) is 3.53. The number of hydrogen-bond donors (Lipinski definition) is 2. The summed E-state index contributed by atoms with van der Waals surface area (Å²) in [5, 5.41) is 3.87. The van der Waals surface area contributed by atoms with Gasteiger partial charge in [-0.15, -0.1) is 0 Å². The standard InChI is InChI=1S/C21H20ClF4N3O4/c1-10-8-12(4-5-13(10)23)27-18(31)16-15(22)14(11(2)29(16)3)17(30)19(32)28-20(21(24,25)26)6-7-33-9-20/h4-5,8H,6-7,9H2,1-3H3,(H,27,31)(H,28,32). The molecule has 12 heteroatoms. The lowest BCUT2D eigenvalue weighted by molar-refractivity contribution is -0.196. The van der Waals surface area contributed by atoms with E-state index in [0.717, 1.165) is 6.07 Å². The van der Waals surface area contributed by atoms with Crippen molar-refractivity contribution in [3.05, 3.63) is 51.6 Å². The lowest BCUT2D eigenvalue weighted by atomic mass is 9.97.